The Morgan fingerprint density at radius 2 is 1.83 bits per heavy atom. The number of rotatable bonds is 5. The van der Waals surface area contributed by atoms with E-state index in [2.05, 4.69) is 4.72 Å². The molecule has 30 heavy (non-hydrogen) atoms. The summed E-state index contributed by atoms with van der Waals surface area (Å²) >= 11 is 1.57. The van der Waals surface area contributed by atoms with Crippen molar-refractivity contribution in [3.8, 4) is 0 Å². The van der Waals surface area contributed by atoms with Crippen molar-refractivity contribution >= 4 is 37.5 Å². The second-order valence-corrected chi connectivity index (χ2v) is 11.7. The van der Waals surface area contributed by atoms with Crippen LogP contribution in [0.15, 0.2) is 40.6 Å². The molecule has 1 fully saturated rings. The highest BCUT2D eigenvalue weighted by molar-refractivity contribution is 7.89. The number of carbonyl (C=O) groups is 1. The van der Waals surface area contributed by atoms with Gasteiger partial charge in [0.15, 0.2) is 0 Å². The minimum atomic E-state index is -4.11. The molecule has 0 saturated carbocycles. The van der Waals surface area contributed by atoms with Gasteiger partial charge < -0.3 is 0 Å². The van der Waals surface area contributed by atoms with Crippen LogP contribution in [0.1, 0.15) is 23.3 Å². The number of halogens is 1. The van der Waals surface area contributed by atoms with Crippen LogP contribution in [0, 0.1) is 5.82 Å². The molecule has 0 aliphatic carbocycles. The molecule has 0 bridgehead atoms. The maximum atomic E-state index is 13.1. The molecular formula is C18H20FN3O5S3. The first-order valence-corrected chi connectivity index (χ1v) is 13.1. The Kier molecular flexibility index (Phi) is 5.70. The molecule has 3 heterocycles. The first-order chi connectivity index (χ1) is 14.2. The van der Waals surface area contributed by atoms with Gasteiger partial charge in [0, 0.05) is 24.5 Å². The van der Waals surface area contributed by atoms with E-state index in [0.717, 1.165) is 39.0 Å². The summed E-state index contributed by atoms with van der Waals surface area (Å²) in [5.74, 6) is -1.46. The van der Waals surface area contributed by atoms with Gasteiger partial charge in [-0.05, 0) is 60.5 Å². The van der Waals surface area contributed by atoms with Crippen molar-refractivity contribution in [3.05, 3.63) is 52.0 Å². The summed E-state index contributed by atoms with van der Waals surface area (Å²) < 4.78 is 68.6. The van der Waals surface area contributed by atoms with E-state index in [-0.39, 0.29) is 31.0 Å². The van der Waals surface area contributed by atoms with E-state index in [0.29, 0.717) is 12.8 Å². The third kappa shape index (κ3) is 4.02. The molecule has 8 nitrogen and oxygen atoms in total. The Labute approximate surface area is 178 Å². The number of hydrogen-bond donors (Lipinski definition) is 1. The van der Waals surface area contributed by atoms with Crippen LogP contribution in [-0.2, 0) is 38.0 Å². The van der Waals surface area contributed by atoms with Gasteiger partial charge in [0.25, 0.3) is 5.91 Å². The number of carbonyl (C=O) groups excluding carboxylic acids is 1. The fourth-order valence-corrected chi connectivity index (χ4v) is 7.43. The third-order valence-corrected chi connectivity index (χ3v) is 9.66. The minimum absolute atomic E-state index is 0.0832. The van der Waals surface area contributed by atoms with E-state index in [1.54, 1.807) is 11.3 Å². The fourth-order valence-electron chi connectivity index (χ4n) is 3.72. The summed E-state index contributed by atoms with van der Waals surface area (Å²) in [7, 11) is -8.18. The lowest BCUT2D eigenvalue weighted by atomic mass is 10.1. The first-order valence-electron chi connectivity index (χ1n) is 9.33. The molecular weight excluding hydrogens is 453 g/mol. The maximum absolute atomic E-state index is 13.1. The van der Waals surface area contributed by atoms with Gasteiger partial charge in [0.05, 0.1) is 4.90 Å². The summed E-state index contributed by atoms with van der Waals surface area (Å²) in [6.07, 6.45) is 1.19. The normalized spacial score (nSPS) is 20.8. The zero-order valence-electron chi connectivity index (χ0n) is 15.8. The lowest BCUT2D eigenvalue weighted by molar-refractivity contribution is -0.122. The van der Waals surface area contributed by atoms with Crippen molar-refractivity contribution in [1.82, 2.24) is 13.3 Å². The third-order valence-electron chi connectivity index (χ3n) is 5.27. The number of benzene rings is 1. The standard InChI is InChI=1S/C18H20FN3O5S3/c19-14-3-5-15(6-4-14)29(24,25)22-9-1-2-16(22)18(23)20-30(26,27)21-10-7-17-13(12-21)8-11-28-17/h3-6,8,11,16H,1-2,7,9-10,12H2,(H,20,23)/t16-/m1/s1. The second kappa shape index (κ2) is 8.00. The maximum Gasteiger partial charge on any atom is 0.304 e. The van der Waals surface area contributed by atoms with Gasteiger partial charge in [-0.1, -0.05) is 0 Å². The molecule has 1 saturated heterocycles. The SMILES string of the molecule is O=C(NS(=O)(=O)N1CCc2sccc2C1)[C@H]1CCCN1S(=O)(=O)c1ccc(F)cc1. The molecule has 0 unspecified atom stereocenters. The van der Waals surface area contributed by atoms with E-state index < -0.39 is 38.0 Å². The van der Waals surface area contributed by atoms with Crippen LogP contribution in [0.3, 0.4) is 0 Å². The van der Waals surface area contributed by atoms with Crippen LogP contribution in [0.2, 0.25) is 0 Å². The first kappa shape index (κ1) is 21.4. The van der Waals surface area contributed by atoms with E-state index in [1.807, 2.05) is 11.4 Å². The van der Waals surface area contributed by atoms with Crippen LogP contribution in [0.25, 0.3) is 0 Å². The molecule has 162 valence electrons. The Balaban J connectivity index is 1.50. The molecule has 0 radical (unpaired) electrons. The van der Waals surface area contributed by atoms with Gasteiger partial charge >= 0.3 is 10.2 Å². The second-order valence-electron chi connectivity index (χ2n) is 7.15. The van der Waals surface area contributed by atoms with Crippen LogP contribution in [0.4, 0.5) is 4.39 Å². The molecule has 2 aromatic rings. The average molecular weight is 474 g/mol. The molecule has 4 rings (SSSR count). The Hall–Kier alpha value is -1.86. The van der Waals surface area contributed by atoms with Crippen LogP contribution >= 0.6 is 11.3 Å². The number of amides is 1. The molecule has 1 aromatic heterocycles. The number of hydrogen-bond acceptors (Lipinski definition) is 6. The Morgan fingerprint density at radius 3 is 2.57 bits per heavy atom. The molecule has 1 N–H and O–H groups in total. The zero-order chi connectivity index (χ0) is 21.5. The molecule has 1 aromatic carbocycles. The fraction of sp³-hybridized carbons (Fsp3) is 0.389. The van der Waals surface area contributed by atoms with E-state index in [9.17, 15) is 26.0 Å². The van der Waals surface area contributed by atoms with Crippen LogP contribution in [0.5, 0.6) is 0 Å². The topological polar surface area (TPSA) is 104 Å². The van der Waals surface area contributed by atoms with Crippen LogP contribution < -0.4 is 4.72 Å². The molecule has 1 amide bonds. The largest absolute Gasteiger partial charge is 0.304 e. The zero-order valence-corrected chi connectivity index (χ0v) is 18.3. The lowest BCUT2D eigenvalue weighted by Crippen LogP contribution is -2.51. The quantitative estimate of drug-likeness (QED) is 0.708. The number of nitrogens with zero attached hydrogens (tertiary/aromatic N) is 2. The van der Waals surface area contributed by atoms with Gasteiger partial charge in [0.1, 0.15) is 11.9 Å². The predicted molar refractivity (Wildman–Crippen MR) is 109 cm³/mol. The van der Waals surface area contributed by atoms with E-state index >= 15 is 0 Å². The highest BCUT2D eigenvalue weighted by Gasteiger charge is 2.41. The van der Waals surface area contributed by atoms with Gasteiger partial charge in [-0.25, -0.2) is 17.5 Å². The van der Waals surface area contributed by atoms with Crippen molar-refractivity contribution in [2.75, 3.05) is 13.1 Å². The van der Waals surface area contributed by atoms with Crippen LogP contribution in [-0.4, -0.2) is 50.5 Å². The smallest absolute Gasteiger partial charge is 0.272 e. The predicted octanol–water partition coefficient (Wildman–Crippen LogP) is 1.46. The molecule has 2 aliphatic heterocycles. The van der Waals surface area contributed by atoms with Crippen molar-refractivity contribution < 1.29 is 26.0 Å². The van der Waals surface area contributed by atoms with Gasteiger partial charge in [-0.15, -0.1) is 11.3 Å². The van der Waals surface area contributed by atoms with Crippen molar-refractivity contribution in [2.45, 2.75) is 36.7 Å². The monoisotopic (exact) mass is 473 g/mol. The number of nitrogens with one attached hydrogen (secondary N) is 1. The van der Waals surface area contributed by atoms with Gasteiger partial charge in [-0.3, -0.25) is 4.79 Å². The molecule has 1 atom stereocenters. The van der Waals surface area contributed by atoms with Crippen molar-refractivity contribution in [1.29, 1.82) is 0 Å². The number of sulfonamides is 1. The Morgan fingerprint density at radius 1 is 1.10 bits per heavy atom. The van der Waals surface area contributed by atoms with Crippen molar-refractivity contribution in [2.24, 2.45) is 0 Å². The summed E-state index contributed by atoms with van der Waals surface area (Å²) in [4.78, 5) is 13.7. The molecule has 0 spiro atoms. The van der Waals surface area contributed by atoms with E-state index in [4.69, 9.17) is 0 Å². The average Bonchev–Trinajstić information content (AvgIpc) is 3.37. The van der Waals surface area contributed by atoms with Gasteiger partial charge in [-0.2, -0.15) is 17.0 Å². The summed E-state index contributed by atoms with van der Waals surface area (Å²) in [5.41, 5.74) is 0.908. The summed E-state index contributed by atoms with van der Waals surface area (Å²) in [6.45, 7) is 0.502. The van der Waals surface area contributed by atoms with Gasteiger partial charge in [0.2, 0.25) is 10.0 Å². The Bertz CT molecular complexity index is 1160. The highest BCUT2D eigenvalue weighted by Crippen LogP contribution is 2.28. The molecule has 2 aliphatic rings. The number of thiophene rings is 1. The van der Waals surface area contributed by atoms with E-state index in [1.165, 1.54) is 4.31 Å². The molecule has 12 heteroatoms. The highest BCUT2D eigenvalue weighted by atomic mass is 32.2. The minimum Gasteiger partial charge on any atom is -0.272 e. The summed E-state index contributed by atoms with van der Waals surface area (Å²) in [5, 5.41) is 1.90. The lowest BCUT2D eigenvalue weighted by Gasteiger charge is -2.28. The number of fused-ring (bicyclic) bond motifs is 1. The summed E-state index contributed by atoms with van der Waals surface area (Å²) in [6, 6.07) is 5.02. The van der Waals surface area contributed by atoms with Crippen molar-refractivity contribution in [3.63, 3.8) is 0 Å².